The van der Waals surface area contributed by atoms with Crippen molar-refractivity contribution in [2.24, 2.45) is 0 Å². The summed E-state index contributed by atoms with van der Waals surface area (Å²) in [5.74, 6) is 0.712. The van der Waals surface area contributed by atoms with E-state index in [1.54, 1.807) is 0 Å². The maximum absolute atomic E-state index is 5.16. The Morgan fingerprint density at radius 3 is 1.67 bits per heavy atom. The Balaban J connectivity index is 0.997. The molecule has 282 valence electrons. The molecule has 2 heterocycles. The van der Waals surface area contributed by atoms with Crippen LogP contribution < -0.4 is 4.90 Å². The van der Waals surface area contributed by atoms with E-state index in [0.29, 0.717) is 5.82 Å². The first-order valence-electron chi connectivity index (χ1n) is 20.3. The Morgan fingerprint density at radius 1 is 0.317 bits per heavy atom. The predicted octanol–water partition coefficient (Wildman–Crippen LogP) is 14.9. The molecule has 0 atom stereocenters. The quantitative estimate of drug-likeness (QED) is 0.154. The highest BCUT2D eigenvalue weighted by Crippen LogP contribution is 2.40. The van der Waals surface area contributed by atoms with E-state index in [-0.39, 0.29) is 0 Å². The standard InChI is InChI=1S/C56H38N4/c1-4-16-39(17-5-1)40-30-33-46(34-31-40)59(45-22-8-3-9-23-45)47-24-15-25-48(38-47)60-53-29-13-11-26-49(53)51-37-43(32-35-54(51)60)42-20-14-21-44(36-42)56-57-52-28-12-10-27-50(52)55(58-56)41-18-6-2-7-19-41/h1-38H. The molecule has 11 rings (SSSR count). The first-order chi connectivity index (χ1) is 29.7. The number of hydrogen-bond acceptors (Lipinski definition) is 3. The first-order valence-corrected chi connectivity index (χ1v) is 20.3. The number of para-hydroxylation sites is 3. The summed E-state index contributed by atoms with van der Waals surface area (Å²) in [4.78, 5) is 12.5. The molecule has 0 fully saturated rings. The molecule has 11 aromatic rings. The van der Waals surface area contributed by atoms with Crippen LogP contribution in [-0.2, 0) is 0 Å². The lowest BCUT2D eigenvalue weighted by molar-refractivity contribution is 1.17. The van der Waals surface area contributed by atoms with Gasteiger partial charge in [-0.05, 0) is 95.1 Å². The van der Waals surface area contributed by atoms with E-state index in [0.717, 1.165) is 72.6 Å². The minimum atomic E-state index is 0.712. The van der Waals surface area contributed by atoms with Gasteiger partial charge in [-0.15, -0.1) is 0 Å². The molecule has 4 heteroatoms. The fourth-order valence-corrected chi connectivity index (χ4v) is 8.52. The Labute approximate surface area is 348 Å². The van der Waals surface area contributed by atoms with Crippen molar-refractivity contribution in [1.82, 2.24) is 14.5 Å². The van der Waals surface area contributed by atoms with Crippen LogP contribution in [0.1, 0.15) is 0 Å². The molecule has 9 aromatic carbocycles. The molecule has 0 amide bonds. The van der Waals surface area contributed by atoms with E-state index >= 15 is 0 Å². The van der Waals surface area contributed by atoms with Crippen LogP contribution in [0.4, 0.5) is 17.1 Å². The largest absolute Gasteiger partial charge is 0.310 e. The van der Waals surface area contributed by atoms with Gasteiger partial charge in [0.15, 0.2) is 5.82 Å². The van der Waals surface area contributed by atoms with Gasteiger partial charge in [0.2, 0.25) is 0 Å². The van der Waals surface area contributed by atoms with Gasteiger partial charge in [0, 0.05) is 50.0 Å². The lowest BCUT2D eigenvalue weighted by Gasteiger charge is -2.26. The Kier molecular flexibility index (Phi) is 8.79. The van der Waals surface area contributed by atoms with Crippen molar-refractivity contribution in [2.75, 3.05) is 4.90 Å². The molecule has 60 heavy (non-hydrogen) atoms. The maximum atomic E-state index is 5.16. The van der Waals surface area contributed by atoms with Crippen LogP contribution in [0.15, 0.2) is 231 Å². The van der Waals surface area contributed by atoms with E-state index in [4.69, 9.17) is 9.97 Å². The first kappa shape index (κ1) is 35.1. The number of hydrogen-bond donors (Lipinski definition) is 0. The van der Waals surface area contributed by atoms with Crippen molar-refractivity contribution in [3.8, 4) is 50.6 Å². The van der Waals surface area contributed by atoms with Crippen molar-refractivity contribution < 1.29 is 0 Å². The van der Waals surface area contributed by atoms with Crippen LogP contribution in [0.2, 0.25) is 0 Å². The average Bonchev–Trinajstić information content (AvgIpc) is 3.66. The van der Waals surface area contributed by atoms with Gasteiger partial charge >= 0.3 is 0 Å². The Bertz CT molecular complexity index is 3300. The zero-order valence-corrected chi connectivity index (χ0v) is 32.7. The van der Waals surface area contributed by atoms with Gasteiger partial charge in [-0.2, -0.15) is 0 Å². The zero-order chi connectivity index (χ0) is 39.8. The Morgan fingerprint density at radius 2 is 0.867 bits per heavy atom. The van der Waals surface area contributed by atoms with E-state index in [9.17, 15) is 0 Å². The monoisotopic (exact) mass is 766 g/mol. The minimum absolute atomic E-state index is 0.712. The Hall–Kier alpha value is -8.08. The number of nitrogens with zero attached hydrogens (tertiary/aromatic N) is 4. The van der Waals surface area contributed by atoms with Crippen molar-refractivity contribution in [1.29, 1.82) is 0 Å². The summed E-state index contributed by atoms with van der Waals surface area (Å²) in [6.45, 7) is 0. The molecule has 0 saturated carbocycles. The zero-order valence-electron chi connectivity index (χ0n) is 32.7. The maximum Gasteiger partial charge on any atom is 0.160 e. The number of benzene rings is 9. The smallest absolute Gasteiger partial charge is 0.160 e. The number of rotatable bonds is 8. The van der Waals surface area contributed by atoms with Crippen molar-refractivity contribution in [3.63, 3.8) is 0 Å². The summed E-state index contributed by atoms with van der Waals surface area (Å²) in [6.07, 6.45) is 0. The third kappa shape index (κ3) is 6.37. The highest BCUT2D eigenvalue weighted by atomic mass is 15.1. The molecule has 2 aromatic heterocycles. The van der Waals surface area contributed by atoms with Crippen molar-refractivity contribution in [3.05, 3.63) is 231 Å². The van der Waals surface area contributed by atoms with Gasteiger partial charge in [-0.25, -0.2) is 9.97 Å². The molecule has 0 aliphatic carbocycles. The van der Waals surface area contributed by atoms with Gasteiger partial charge in [0.25, 0.3) is 0 Å². The average molecular weight is 767 g/mol. The van der Waals surface area contributed by atoms with Gasteiger partial charge in [0.1, 0.15) is 0 Å². The predicted molar refractivity (Wildman–Crippen MR) is 250 cm³/mol. The van der Waals surface area contributed by atoms with E-state index in [1.165, 1.54) is 21.9 Å². The number of anilines is 3. The van der Waals surface area contributed by atoms with Crippen LogP contribution in [0, 0.1) is 0 Å². The van der Waals surface area contributed by atoms with Crippen molar-refractivity contribution in [2.45, 2.75) is 0 Å². The van der Waals surface area contributed by atoms with Crippen LogP contribution in [0.3, 0.4) is 0 Å². The van der Waals surface area contributed by atoms with Gasteiger partial charge in [0.05, 0.1) is 22.2 Å². The third-order valence-corrected chi connectivity index (χ3v) is 11.4. The summed E-state index contributed by atoms with van der Waals surface area (Å²) >= 11 is 0. The summed E-state index contributed by atoms with van der Waals surface area (Å²) in [5, 5.41) is 3.45. The van der Waals surface area contributed by atoms with Crippen molar-refractivity contribution >= 4 is 49.8 Å². The second-order valence-corrected chi connectivity index (χ2v) is 15.0. The summed E-state index contributed by atoms with van der Waals surface area (Å²) in [7, 11) is 0. The van der Waals surface area contributed by atoms with E-state index in [1.807, 2.05) is 18.2 Å². The highest BCUT2D eigenvalue weighted by Gasteiger charge is 2.18. The van der Waals surface area contributed by atoms with Gasteiger partial charge in [-0.3, -0.25) is 0 Å². The van der Waals surface area contributed by atoms with Crippen LogP contribution >= 0.6 is 0 Å². The fraction of sp³-hybridized carbons (Fsp3) is 0. The molecule has 0 N–H and O–H groups in total. The van der Waals surface area contributed by atoms with E-state index < -0.39 is 0 Å². The van der Waals surface area contributed by atoms with E-state index in [2.05, 4.69) is 222 Å². The fourth-order valence-electron chi connectivity index (χ4n) is 8.52. The lowest BCUT2D eigenvalue weighted by atomic mass is 10.00. The third-order valence-electron chi connectivity index (χ3n) is 11.4. The molecular weight excluding hydrogens is 729 g/mol. The summed E-state index contributed by atoms with van der Waals surface area (Å²) in [5.41, 5.74) is 15.2. The van der Waals surface area contributed by atoms with Gasteiger partial charge < -0.3 is 9.47 Å². The number of aromatic nitrogens is 3. The molecule has 0 unspecified atom stereocenters. The van der Waals surface area contributed by atoms with Gasteiger partial charge in [-0.1, -0.05) is 158 Å². The second kappa shape index (κ2) is 15.0. The highest BCUT2D eigenvalue weighted by molar-refractivity contribution is 6.10. The molecule has 0 radical (unpaired) electrons. The second-order valence-electron chi connectivity index (χ2n) is 15.0. The lowest BCUT2D eigenvalue weighted by Crippen LogP contribution is -2.10. The molecule has 0 aliphatic rings. The number of fused-ring (bicyclic) bond motifs is 4. The topological polar surface area (TPSA) is 34.0 Å². The van der Waals surface area contributed by atoms with Crippen LogP contribution in [0.5, 0.6) is 0 Å². The molecule has 0 bridgehead atoms. The van der Waals surface area contributed by atoms with Crippen LogP contribution in [-0.4, -0.2) is 14.5 Å². The summed E-state index contributed by atoms with van der Waals surface area (Å²) < 4.78 is 2.39. The minimum Gasteiger partial charge on any atom is -0.310 e. The normalized spacial score (nSPS) is 11.3. The molecule has 0 spiro atoms. The molecular formula is C56H38N4. The molecule has 4 nitrogen and oxygen atoms in total. The van der Waals surface area contributed by atoms with Crippen LogP contribution in [0.25, 0.3) is 83.3 Å². The molecule has 0 aliphatic heterocycles. The SMILES string of the molecule is c1ccc(-c2ccc(N(c3ccccc3)c3cccc(-n4c5ccccc5c5cc(-c6cccc(-c7nc(-c8ccccc8)c8ccccc8n7)c6)ccc54)c3)cc2)cc1. The summed E-state index contributed by atoms with van der Waals surface area (Å²) in [6, 6.07) is 81.7. The molecule has 0 saturated heterocycles.